The van der Waals surface area contributed by atoms with E-state index in [9.17, 15) is 9.59 Å². The van der Waals surface area contributed by atoms with Gasteiger partial charge >= 0.3 is 6.09 Å². The Labute approximate surface area is 124 Å². The summed E-state index contributed by atoms with van der Waals surface area (Å²) in [6.07, 6.45) is 2.67. The van der Waals surface area contributed by atoms with Crippen molar-refractivity contribution in [3.63, 3.8) is 0 Å². The Hall–Kier alpha value is -0.950. The van der Waals surface area contributed by atoms with Crippen LogP contribution in [-0.2, 0) is 9.53 Å². The Kier molecular flexibility index (Phi) is 5.97. The van der Waals surface area contributed by atoms with Gasteiger partial charge in [0.1, 0.15) is 0 Å². The van der Waals surface area contributed by atoms with E-state index in [0.717, 1.165) is 38.9 Å². The first-order valence-corrected chi connectivity index (χ1v) is 8.18. The second-order valence-corrected chi connectivity index (χ2v) is 6.51. The van der Waals surface area contributed by atoms with E-state index >= 15 is 0 Å². The third-order valence-electron chi connectivity index (χ3n) is 3.78. The zero-order valence-electron chi connectivity index (χ0n) is 11.9. The van der Waals surface area contributed by atoms with E-state index in [1.165, 1.54) is 7.11 Å². The second kappa shape index (κ2) is 7.73. The lowest BCUT2D eigenvalue weighted by molar-refractivity contribution is -0.127. The number of hydrogen-bond acceptors (Lipinski definition) is 5. The van der Waals surface area contributed by atoms with Crippen molar-refractivity contribution < 1.29 is 14.3 Å². The van der Waals surface area contributed by atoms with E-state index in [4.69, 9.17) is 0 Å². The number of carbonyl (C=O) groups excluding carboxylic acids is 2. The summed E-state index contributed by atoms with van der Waals surface area (Å²) in [4.78, 5) is 25.1. The van der Waals surface area contributed by atoms with Crippen LogP contribution < -0.4 is 10.6 Å². The number of amides is 2. The molecule has 0 aromatic carbocycles. The van der Waals surface area contributed by atoms with Gasteiger partial charge in [-0.1, -0.05) is 0 Å². The highest BCUT2D eigenvalue weighted by atomic mass is 32.2. The van der Waals surface area contributed by atoms with Gasteiger partial charge in [-0.25, -0.2) is 4.79 Å². The molecule has 2 saturated heterocycles. The van der Waals surface area contributed by atoms with Gasteiger partial charge in [0.15, 0.2) is 0 Å². The third-order valence-corrected chi connectivity index (χ3v) is 5.13. The van der Waals surface area contributed by atoms with E-state index in [0.29, 0.717) is 17.5 Å². The molecule has 0 spiro atoms. The molecule has 1 unspecified atom stereocenters. The average Bonchev–Trinajstić information content (AvgIpc) is 2.94. The van der Waals surface area contributed by atoms with Crippen LogP contribution in [-0.4, -0.2) is 67.2 Å². The standard InChI is InChI=1S/C13H23N3O3S/c1-19-13(18)15-10-4-7-16(8-10)12(17)9-20-11-2-5-14-6-3-11/h10-11,14H,2-9H2,1H3,(H,15,18). The van der Waals surface area contributed by atoms with Gasteiger partial charge in [0.05, 0.1) is 18.9 Å². The summed E-state index contributed by atoms with van der Waals surface area (Å²) in [5, 5.41) is 6.68. The summed E-state index contributed by atoms with van der Waals surface area (Å²) < 4.78 is 4.57. The molecule has 2 heterocycles. The maximum Gasteiger partial charge on any atom is 0.407 e. The zero-order valence-corrected chi connectivity index (χ0v) is 12.7. The average molecular weight is 301 g/mol. The maximum atomic E-state index is 12.1. The monoisotopic (exact) mass is 301 g/mol. The number of rotatable bonds is 4. The van der Waals surface area contributed by atoms with Gasteiger partial charge in [-0.3, -0.25) is 4.79 Å². The second-order valence-electron chi connectivity index (χ2n) is 5.22. The number of thioether (sulfide) groups is 1. The van der Waals surface area contributed by atoms with Crippen LogP contribution in [0.5, 0.6) is 0 Å². The predicted molar refractivity (Wildman–Crippen MR) is 78.9 cm³/mol. The van der Waals surface area contributed by atoms with Crippen LogP contribution in [0.15, 0.2) is 0 Å². The number of ether oxygens (including phenoxy) is 1. The predicted octanol–water partition coefficient (Wildman–Crippen LogP) is 0.429. The van der Waals surface area contributed by atoms with E-state index in [-0.39, 0.29) is 11.9 Å². The van der Waals surface area contributed by atoms with Gasteiger partial charge < -0.3 is 20.3 Å². The van der Waals surface area contributed by atoms with Gasteiger partial charge in [0, 0.05) is 18.3 Å². The lowest BCUT2D eigenvalue weighted by Gasteiger charge is -2.23. The molecule has 114 valence electrons. The fourth-order valence-corrected chi connectivity index (χ4v) is 3.70. The summed E-state index contributed by atoms with van der Waals surface area (Å²) >= 11 is 1.77. The fraction of sp³-hybridized carbons (Fsp3) is 0.846. The van der Waals surface area contributed by atoms with Crippen LogP contribution in [0.3, 0.4) is 0 Å². The minimum Gasteiger partial charge on any atom is -0.453 e. The van der Waals surface area contributed by atoms with Gasteiger partial charge in [-0.15, -0.1) is 11.8 Å². The van der Waals surface area contributed by atoms with Crippen molar-refractivity contribution in [1.82, 2.24) is 15.5 Å². The van der Waals surface area contributed by atoms with Gasteiger partial charge in [-0.2, -0.15) is 0 Å². The normalized spacial score (nSPS) is 23.6. The highest BCUT2D eigenvalue weighted by molar-refractivity contribution is 8.00. The number of alkyl carbamates (subject to hydrolysis) is 1. The van der Waals surface area contributed by atoms with E-state index in [1.807, 2.05) is 4.90 Å². The number of methoxy groups -OCH3 is 1. The summed E-state index contributed by atoms with van der Waals surface area (Å²) in [5.74, 6) is 0.734. The summed E-state index contributed by atoms with van der Waals surface area (Å²) in [5.41, 5.74) is 0. The molecule has 1 atom stereocenters. The molecule has 2 aliphatic heterocycles. The van der Waals surface area contributed by atoms with Crippen LogP contribution in [0.2, 0.25) is 0 Å². The Balaban J connectivity index is 1.67. The Morgan fingerprint density at radius 1 is 1.35 bits per heavy atom. The zero-order chi connectivity index (χ0) is 14.4. The molecular formula is C13H23N3O3S. The highest BCUT2D eigenvalue weighted by Crippen LogP contribution is 2.21. The first-order chi connectivity index (χ1) is 9.69. The first kappa shape index (κ1) is 15.4. The molecule has 2 rings (SSSR count). The van der Waals surface area contributed by atoms with Crippen molar-refractivity contribution in [3.8, 4) is 0 Å². The number of likely N-dealkylation sites (tertiary alicyclic amines) is 1. The number of nitrogens with one attached hydrogen (secondary N) is 2. The van der Waals surface area contributed by atoms with E-state index in [2.05, 4.69) is 15.4 Å². The molecule has 0 saturated carbocycles. The molecule has 20 heavy (non-hydrogen) atoms. The summed E-state index contributed by atoms with van der Waals surface area (Å²) in [6, 6.07) is 0.0234. The summed E-state index contributed by atoms with van der Waals surface area (Å²) in [7, 11) is 1.35. The van der Waals surface area contributed by atoms with Crippen LogP contribution in [0, 0.1) is 0 Å². The Morgan fingerprint density at radius 3 is 2.80 bits per heavy atom. The van der Waals surface area contributed by atoms with Crippen molar-refractivity contribution in [2.75, 3.05) is 39.0 Å². The van der Waals surface area contributed by atoms with Crippen LogP contribution in [0.4, 0.5) is 4.79 Å². The molecule has 2 N–H and O–H groups in total. The molecule has 0 aromatic rings. The minimum atomic E-state index is -0.423. The number of hydrogen-bond donors (Lipinski definition) is 2. The smallest absolute Gasteiger partial charge is 0.407 e. The number of piperidine rings is 1. The maximum absolute atomic E-state index is 12.1. The van der Waals surface area contributed by atoms with Crippen molar-refractivity contribution in [3.05, 3.63) is 0 Å². The van der Waals surface area contributed by atoms with E-state index in [1.54, 1.807) is 11.8 Å². The summed E-state index contributed by atoms with van der Waals surface area (Å²) in [6.45, 7) is 3.43. The molecule has 2 fully saturated rings. The van der Waals surface area contributed by atoms with E-state index < -0.39 is 6.09 Å². The Bertz CT molecular complexity index is 348. The van der Waals surface area contributed by atoms with Crippen molar-refractivity contribution in [2.45, 2.75) is 30.6 Å². The topological polar surface area (TPSA) is 70.7 Å². The van der Waals surface area contributed by atoms with Crippen molar-refractivity contribution >= 4 is 23.8 Å². The molecule has 0 aromatic heterocycles. The largest absolute Gasteiger partial charge is 0.453 e. The molecule has 0 radical (unpaired) electrons. The third kappa shape index (κ3) is 4.56. The SMILES string of the molecule is COC(=O)NC1CCN(C(=O)CSC2CCNCC2)C1. The molecule has 0 aliphatic carbocycles. The molecule has 0 bridgehead atoms. The number of nitrogens with zero attached hydrogens (tertiary/aromatic N) is 1. The van der Waals surface area contributed by atoms with Crippen molar-refractivity contribution in [2.24, 2.45) is 0 Å². The highest BCUT2D eigenvalue weighted by Gasteiger charge is 2.28. The molecule has 2 aliphatic rings. The molecular weight excluding hydrogens is 278 g/mol. The van der Waals surface area contributed by atoms with Crippen LogP contribution >= 0.6 is 11.8 Å². The molecule has 7 heteroatoms. The lowest BCUT2D eigenvalue weighted by atomic mass is 10.2. The molecule has 2 amide bonds. The van der Waals surface area contributed by atoms with Gasteiger partial charge in [0.25, 0.3) is 0 Å². The van der Waals surface area contributed by atoms with Gasteiger partial charge in [-0.05, 0) is 32.4 Å². The quantitative estimate of drug-likeness (QED) is 0.788. The number of carbonyl (C=O) groups is 2. The fourth-order valence-electron chi connectivity index (χ4n) is 2.57. The van der Waals surface area contributed by atoms with Crippen molar-refractivity contribution in [1.29, 1.82) is 0 Å². The first-order valence-electron chi connectivity index (χ1n) is 7.13. The Morgan fingerprint density at radius 2 is 2.10 bits per heavy atom. The van der Waals surface area contributed by atoms with Crippen LogP contribution in [0.1, 0.15) is 19.3 Å². The van der Waals surface area contributed by atoms with Crippen LogP contribution in [0.25, 0.3) is 0 Å². The lowest BCUT2D eigenvalue weighted by Crippen LogP contribution is -2.39. The van der Waals surface area contributed by atoms with Gasteiger partial charge in [0.2, 0.25) is 5.91 Å². The molecule has 6 nitrogen and oxygen atoms in total. The minimum absolute atomic E-state index is 0.0234.